The van der Waals surface area contributed by atoms with Gasteiger partial charge in [-0.05, 0) is 127 Å². The molecule has 41 heavy (non-hydrogen) atoms. The van der Waals surface area contributed by atoms with Gasteiger partial charge >= 0.3 is 5.97 Å². The molecule has 0 bridgehead atoms. The van der Waals surface area contributed by atoms with Gasteiger partial charge < -0.3 is 15.3 Å². The second-order valence-electron chi connectivity index (χ2n) is 16.2. The first kappa shape index (κ1) is 29.2. The highest BCUT2D eigenvalue weighted by Gasteiger charge is 2.71. The van der Waals surface area contributed by atoms with E-state index in [1.165, 1.54) is 36.0 Å². The monoisotopic (exact) mass is 560 g/mol. The molecule has 4 heteroatoms. The lowest BCUT2D eigenvalue weighted by molar-refractivity contribution is -0.227. The average molecular weight is 561 g/mol. The SMILES string of the molecule is C=C(C)[C@@H]1CC[C@]2(C(=O)O)CC[C@]3(C)[C@H](CC[C@@H]4[C@@]5(C)CC=C(c6ccc(C(O)O)cc6)C(C)(C)[C@@H]5CC[C@]43C)[C@@H]12. The van der Waals surface area contributed by atoms with E-state index in [-0.39, 0.29) is 27.6 Å². The van der Waals surface area contributed by atoms with Crippen LogP contribution in [0.4, 0.5) is 0 Å². The van der Waals surface area contributed by atoms with Crippen molar-refractivity contribution in [2.45, 2.75) is 106 Å². The van der Waals surface area contributed by atoms with Crippen molar-refractivity contribution in [1.29, 1.82) is 0 Å². The molecule has 224 valence electrons. The lowest BCUT2D eigenvalue weighted by atomic mass is 9.32. The van der Waals surface area contributed by atoms with Crippen molar-refractivity contribution in [3.05, 3.63) is 53.6 Å². The summed E-state index contributed by atoms with van der Waals surface area (Å²) < 4.78 is 0. The number of carboxylic acids is 1. The number of fused-ring (bicyclic) bond motifs is 7. The third-order valence-corrected chi connectivity index (χ3v) is 14.6. The number of hydrogen-bond donors (Lipinski definition) is 3. The van der Waals surface area contributed by atoms with E-state index < -0.39 is 17.7 Å². The zero-order valence-corrected chi connectivity index (χ0v) is 26.2. The minimum absolute atomic E-state index is 0.00690. The Labute approximate surface area is 247 Å². The topological polar surface area (TPSA) is 77.8 Å². The van der Waals surface area contributed by atoms with E-state index in [9.17, 15) is 20.1 Å². The maximum atomic E-state index is 12.9. The highest BCUT2D eigenvalue weighted by atomic mass is 16.5. The Morgan fingerprint density at radius 2 is 1.56 bits per heavy atom. The highest BCUT2D eigenvalue weighted by Crippen LogP contribution is 2.77. The van der Waals surface area contributed by atoms with Gasteiger partial charge in [-0.2, -0.15) is 0 Å². The van der Waals surface area contributed by atoms with Gasteiger partial charge in [-0.25, -0.2) is 0 Å². The van der Waals surface area contributed by atoms with Crippen LogP contribution in [-0.2, 0) is 4.79 Å². The number of aliphatic hydroxyl groups is 2. The summed E-state index contributed by atoms with van der Waals surface area (Å²) >= 11 is 0. The van der Waals surface area contributed by atoms with Crippen LogP contribution in [0, 0.1) is 56.7 Å². The molecule has 1 aromatic rings. The first-order valence-corrected chi connectivity index (χ1v) is 16.2. The number of aliphatic carboxylic acids is 1. The zero-order chi connectivity index (χ0) is 29.8. The maximum Gasteiger partial charge on any atom is 0.309 e. The quantitative estimate of drug-likeness (QED) is 0.255. The van der Waals surface area contributed by atoms with Crippen molar-refractivity contribution in [3.63, 3.8) is 0 Å². The molecule has 0 unspecified atom stereocenters. The minimum atomic E-state index is -1.44. The van der Waals surface area contributed by atoms with Crippen LogP contribution in [0.1, 0.15) is 117 Å². The molecule has 0 heterocycles. The third kappa shape index (κ3) is 3.75. The van der Waals surface area contributed by atoms with Gasteiger partial charge in [0.2, 0.25) is 0 Å². The summed E-state index contributed by atoms with van der Waals surface area (Å²) in [6.07, 6.45) is 10.5. The predicted molar refractivity (Wildman–Crippen MR) is 164 cm³/mol. The van der Waals surface area contributed by atoms with Gasteiger partial charge in [-0.3, -0.25) is 4.79 Å². The number of rotatable bonds is 4. The standard InChI is InChI=1S/C37H52O4/c1-22(2)25-14-19-37(32(40)41)21-20-35(6)27(30(25)37)12-13-29-34(5)17-15-26(23-8-10-24(11-9-23)31(38)39)33(3,4)28(34)16-18-36(29,35)7/h8-11,15,25,27-31,38-39H,1,12-14,16-21H2,2-7H3,(H,40,41)/t25-,27+,28-,29+,30+,34-,35+,36+,37-/m0/s1. The van der Waals surface area contributed by atoms with Crippen molar-refractivity contribution in [2.75, 3.05) is 0 Å². The summed E-state index contributed by atoms with van der Waals surface area (Å²) in [5.41, 5.74) is 4.27. The molecule has 0 aromatic heterocycles. The molecule has 5 aliphatic rings. The van der Waals surface area contributed by atoms with Gasteiger partial charge in [-0.1, -0.05) is 77.1 Å². The van der Waals surface area contributed by atoms with Crippen LogP contribution in [0.3, 0.4) is 0 Å². The number of benzene rings is 1. The Kier molecular flexibility index (Phi) is 6.61. The smallest absolute Gasteiger partial charge is 0.309 e. The molecule has 4 saturated carbocycles. The second-order valence-corrected chi connectivity index (χ2v) is 16.2. The van der Waals surface area contributed by atoms with Crippen molar-refractivity contribution in [2.24, 2.45) is 56.7 Å². The van der Waals surface area contributed by atoms with Crippen LogP contribution < -0.4 is 0 Å². The van der Waals surface area contributed by atoms with Gasteiger partial charge in [0.25, 0.3) is 0 Å². The maximum absolute atomic E-state index is 12.9. The van der Waals surface area contributed by atoms with E-state index in [4.69, 9.17) is 0 Å². The number of aliphatic hydroxyl groups excluding tert-OH is 1. The molecular formula is C37H52O4. The van der Waals surface area contributed by atoms with Gasteiger partial charge in [-0.15, -0.1) is 0 Å². The first-order valence-electron chi connectivity index (χ1n) is 16.2. The lowest BCUT2D eigenvalue weighted by Crippen LogP contribution is -2.65. The molecule has 0 radical (unpaired) electrons. The van der Waals surface area contributed by atoms with Crippen LogP contribution in [0.15, 0.2) is 42.5 Å². The lowest BCUT2D eigenvalue weighted by Gasteiger charge is -2.72. The second kappa shape index (κ2) is 9.29. The van der Waals surface area contributed by atoms with Crippen molar-refractivity contribution >= 4 is 11.5 Å². The molecule has 5 aliphatic carbocycles. The molecule has 1 aromatic carbocycles. The van der Waals surface area contributed by atoms with Crippen molar-refractivity contribution in [1.82, 2.24) is 0 Å². The van der Waals surface area contributed by atoms with Crippen molar-refractivity contribution in [3.8, 4) is 0 Å². The fourth-order valence-electron chi connectivity index (χ4n) is 12.4. The first-order chi connectivity index (χ1) is 19.1. The summed E-state index contributed by atoms with van der Waals surface area (Å²) in [6.45, 7) is 19.1. The van der Waals surface area contributed by atoms with Gasteiger partial charge in [0.1, 0.15) is 0 Å². The molecule has 4 fully saturated rings. The van der Waals surface area contributed by atoms with E-state index in [1.54, 1.807) is 0 Å². The Bertz CT molecular complexity index is 1270. The molecule has 6 rings (SSSR count). The van der Waals surface area contributed by atoms with Crippen LogP contribution in [0.5, 0.6) is 0 Å². The number of hydrogen-bond acceptors (Lipinski definition) is 3. The van der Waals surface area contributed by atoms with E-state index >= 15 is 0 Å². The minimum Gasteiger partial charge on any atom is -0.481 e. The molecule has 4 nitrogen and oxygen atoms in total. The number of carboxylic acid groups (broad SMARTS) is 1. The summed E-state index contributed by atoms with van der Waals surface area (Å²) in [6, 6.07) is 7.79. The molecule has 3 N–H and O–H groups in total. The fourth-order valence-corrected chi connectivity index (χ4v) is 12.4. The van der Waals surface area contributed by atoms with Crippen LogP contribution in [-0.4, -0.2) is 21.3 Å². The summed E-state index contributed by atoms with van der Waals surface area (Å²) in [5.74, 6) is 1.62. The van der Waals surface area contributed by atoms with E-state index in [0.29, 0.717) is 29.2 Å². The van der Waals surface area contributed by atoms with Crippen LogP contribution in [0.25, 0.3) is 5.57 Å². The molecule has 9 atom stereocenters. The predicted octanol–water partition coefficient (Wildman–Crippen LogP) is 8.41. The normalized spacial score (nSPS) is 44.7. The summed E-state index contributed by atoms with van der Waals surface area (Å²) in [5, 5.41) is 29.8. The highest BCUT2D eigenvalue weighted by molar-refractivity contribution is 5.76. The average Bonchev–Trinajstić information content (AvgIpc) is 3.30. The summed E-state index contributed by atoms with van der Waals surface area (Å²) in [4.78, 5) is 12.9. The van der Waals surface area contributed by atoms with Gasteiger partial charge in [0, 0.05) is 5.56 Å². The van der Waals surface area contributed by atoms with Crippen LogP contribution >= 0.6 is 0 Å². The Hall–Kier alpha value is -1.91. The summed E-state index contributed by atoms with van der Waals surface area (Å²) in [7, 11) is 0. The fraction of sp³-hybridized carbons (Fsp3) is 0.703. The molecule has 0 amide bonds. The third-order valence-electron chi connectivity index (χ3n) is 14.6. The Morgan fingerprint density at radius 1 is 0.878 bits per heavy atom. The van der Waals surface area contributed by atoms with E-state index in [1.807, 2.05) is 12.1 Å². The number of allylic oxidation sites excluding steroid dienone is 3. The van der Waals surface area contributed by atoms with E-state index in [2.05, 4.69) is 66.3 Å². The molecule has 0 spiro atoms. The van der Waals surface area contributed by atoms with Gasteiger partial charge in [0.05, 0.1) is 5.41 Å². The van der Waals surface area contributed by atoms with Crippen molar-refractivity contribution < 1.29 is 20.1 Å². The molecule has 0 aliphatic heterocycles. The van der Waals surface area contributed by atoms with E-state index in [0.717, 1.165) is 38.5 Å². The Morgan fingerprint density at radius 3 is 2.17 bits per heavy atom. The van der Waals surface area contributed by atoms with Gasteiger partial charge in [0.15, 0.2) is 6.29 Å². The Balaban J connectivity index is 1.37. The zero-order valence-electron chi connectivity index (χ0n) is 26.2. The molecular weight excluding hydrogens is 508 g/mol. The number of carbonyl (C=O) groups is 1. The largest absolute Gasteiger partial charge is 0.481 e. The van der Waals surface area contributed by atoms with Crippen LogP contribution in [0.2, 0.25) is 0 Å². The molecule has 0 saturated heterocycles.